The van der Waals surface area contributed by atoms with Gasteiger partial charge in [0.15, 0.2) is 5.82 Å². The van der Waals surface area contributed by atoms with Crippen LogP contribution in [0.1, 0.15) is 46.4 Å². The molecule has 1 saturated heterocycles. The number of aryl methyl sites for hydroxylation is 1. The van der Waals surface area contributed by atoms with Gasteiger partial charge in [0, 0.05) is 52.9 Å². The molecule has 4 rings (SSSR count). The summed E-state index contributed by atoms with van der Waals surface area (Å²) >= 11 is 0. The lowest BCUT2D eigenvalue weighted by Gasteiger charge is -2.49. The molecule has 164 valence electrons. The van der Waals surface area contributed by atoms with E-state index in [1.54, 1.807) is 13.3 Å². The van der Waals surface area contributed by atoms with Gasteiger partial charge in [-0.05, 0) is 59.6 Å². The van der Waals surface area contributed by atoms with Gasteiger partial charge < -0.3 is 15.0 Å². The molecule has 3 heterocycles. The van der Waals surface area contributed by atoms with Crippen molar-refractivity contribution >= 4 is 16.7 Å². The number of piperidine rings is 1. The molecule has 0 atom stereocenters. The third-order valence-electron chi connectivity index (χ3n) is 6.05. The Labute approximate surface area is 184 Å². The predicted molar refractivity (Wildman–Crippen MR) is 125 cm³/mol. The summed E-state index contributed by atoms with van der Waals surface area (Å²) < 4.78 is 5.69. The van der Waals surface area contributed by atoms with Crippen LogP contribution in [0, 0.1) is 6.92 Å². The van der Waals surface area contributed by atoms with E-state index in [-0.39, 0.29) is 11.1 Å². The second-order valence-electron chi connectivity index (χ2n) is 9.90. The van der Waals surface area contributed by atoms with E-state index in [4.69, 9.17) is 4.74 Å². The summed E-state index contributed by atoms with van der Waals surface area (Å²) in [6.07, 6.45) is 5.71. The van der Waals surface area contributed by atoms with Crippen LogP contribution in [0.4, 0.5) is 5.82 Å². The number of anilines is 1. The number of nitrogens with zero attached hydrogens (tertiary/aromatic N) is 5. The van der Waals surface area contributed by atoms with Gasteiger partial charge in [-0.2, -0.15) is 5.10 Å². The summed E-state index contributed by atoms with van der Waals surface area (Å²) in [6, 6.07) is 6.48. The van der Waals surface area contributed by atoms with E-state index in [1.807, 2.05) is 19.2 Å². The summed E-state index contributed by atoms with van der Waals surface area (Å²) in [7, 11) is 3.80. The molecule has 0 bridgehead atoms. The van der Waals surface area contributed by atoms with Gasteiger partial charge in [-0.15, -0.1) is 5.10 Å². The Bertz CT molecular complexity index is 1090. The second kappa shape index (κ2) is 7.71. The number of benzene rings is 1. The molecular formula is C24H32N6O. The van der Waals surface area contributed by atoms with Crippen molar-refractivity contribution in [1.29, 1.82) is 0 Å². The van der Waals surface area contributed by atoms with Gasteiger partial charge in [-0.25, -0.2) is 9.97 Å². The van der Waals surface area contributed by atoms with Gasteiger partial charge in [0.2, 0.25) is 0 Å². The van der Waals surface area contributed by atoms with E-state index in [9.17, 15) is 0 Å². The van der Waals surface area contributed by atoms with Crippen LogP contribution in [0.25, 0.3) is 22.0 Å². The van der Waals surface area contributed by atoms with E-state index >= 15 is 0 Å². The topological polar surface area (TPSA) is 76.1 Å². The average molecular weight is 421 g/mol. The average Bonchev–Trinajstić information content (AvgIpc) is 2.70. The van der Waals surface area contributed by atoms with Gasteiger partial charge in [0.05, 0.1) is 18.8 Å². The molecule has 7 heteroatoms. The van der Waals surface area contributed by atoms with E-state index in [0.717, 1.165) is 52.3 Å². The fraction of sp³-hybridized carbons (Fsp3) is 0.500. The van der Waals surface area contributed by atoms with Crippen molar-refractivity contribution in [3.05, 3.63) is 36.4 Å². The second-order valence-corrected chi connectivity index (χ2v) is 9.90. The SMILES string of the molecule is COc1cc2nc(C)ncc2cc1-c1cnnc(N(C)C2CC(C)(C)NC(C)(C)C2)c1. The van der Waals surface area contributed by atoms with Crippen LogP contribution in [0.15, 0.2) is 30.6 Å². The van der Waals surface area contributed by atoms with Crippen molar-refractivity contribution in [1.82, 2.24) is 25.5 Å². The van der Waals surface area contributed by atoms with E-state index in [0.29, 0.717) is 6.04 Å². The van der Waals surface area contributed by atoms with Gasteiger partial charge >= 0.3 is 0 Å². The van der Waals surface area contributed by atoms with Gasteiger partial charge in [0.1, 0.15) is 11.6 Å². The molecule has 0 amide bonds. The number of aromatic nitrogens is 4. The Balaban J connectivity index is 1.71. The third-order valence-corrected chi connectivity index (χ3v) is 6.05. The monoisotopic (exact) mass is 420 g/mol. The fourth-order valence-corrected chi connectivity index (χ4v) is 4.95. The highest BCUT2D eigenvalue weighted by Gasteiger charge is 2.39. The van der Waals surface area contributed by atoms with E-state index in [2.05, 4.69) is 77.3 Å². The minimum Gasteiger partial charge on any atom is -0.496 e. The zero-order valence-corrected chi connectivity index (χ0v) is 19.5. The highest BCUT2D eigenvalue weighted by atomic mass is 16.5. The maximum Gasteiger partial charge on any atom is 0.151 e. The molecule has 1 N–H and O–H groups in total. The molecule has 1 aromatic carbocycles. The van der Waals surface area contributed by atoms with Crippen LogP contribution in [-0.2, 0) is 0 Å². The molecule has 7 nitrogen and oxygen atoms in total. The molecule has 0 aliphatic carbocycles. The molecule has 0 saturated carbocycles. The first kappa shape index (κ1) is 21.4. The number of hydrogen-bond acceptors (Lipinski definition) is 7. The smallest absolute Gasteiger partial charge is 0.151 e. The zero-order chi connectivity index (χ0) is 22.4. The Hall–Kier alpha value is -2.80. The summed E-state index contributed by atoms with van der Waals surface area (Å²) in [5.41, 5.74) is 2.91. The van der Waals surface area contributed by atoms with Crippen LogP contribution >= 0.6 is 0 Å². The van der Waals surface area contributed by atoms with Crippen molar-refractivity contribution in [2.45, 2.75) is 64.6 Å². The largest absolute Gasteiger partial charge is 0.496 e. The van der Waals surface area contributed by atoms with Gasteiger partial charge in [-0.1, -0.05) is 0 Å². The highest BCUT2D eigenvalue weighted by molar-refractivity contribution is 5.88. The molecule has 0 spiro atoms. The zero-order valence-electron chi connectivity index (χ0n) is 19.5. The molecule has 0 unspecified atom stereocenters. The summed E-state index contributed by atoms with van der Waals surface area (Å²) in [5, 5.41) is 13.5. The first-order chi connectivity index (χ1) is 14.6. The standard InChI is InChI=1S/C24H32N6O/c1-15-25-13-17-8-19(21(31-7)10-20(17)27-15)16-9-22(28-26-14-16)30(6)18-11-23(2,3)29-24(4,5)12-18/h8-10,13-14,18,29H,11-12H2,1-7H3. The normalized spacial score (nSPS) is 18.2. The number of fused-ring (bicyclic) bond motifs is 1. The maximum absolute atomic E-state index is 5.69. The van der Waals surface area contributed by atoms with Crippen molar-refractivity contribution in [2.24, 2.45) is 0 Å². The van der Waals surface area contributed by atoms with Crippen molar-refractivity contribution in [2.75, 3.05) is 19.1 Å². The minimum atomic E-state index is 0.0609. The Morgan fingerprint density at radius 2 is 1.77 bits per heavy atom. The van der Waals surface area contributed by atoms with E-state index < -0.39 is 0 Å². The Morgan fingerprint density at radius 3 is 2.45 bits per heavy atom. The highest BCUT2D eigenvalue weighted by Crippen LogP contribution is 2.36. The van der Waals surface area contributed by atoms with Crippen LogP contribution < -0.4 is 15.0 Å². The number of rotatable bonds is 4. The van der Waals surface area contributed by atoms with Crippen LogP contribution in [-0.4, -0.2) is 51.4 Å². The van der Waals surface area contributed by atoms with Crippen LogP contribution in [0.5, 0.6) is 5.75 Å². The Kier molecular flexibility index (Phi) is 5.33. The Morgan fingerprint density at radius 1 is 1.06 bits per heavy atom. The molecule has 3 aromatic rings. The molecular weight excluding hydrogens is 388 g/mol. The van der Waals surface area contributed by atoms with Crippen LogP contribution in [0.3, 0.4) is 0 Å². The molecule has 1 aliphatic rings. The summed E-state index contributed by atoms with van der Waals surface area (Å²) in [6.45, 7) is 10.9. The molecule has 0 radical (unpaired) electrons. The molecule has 1 aliphatic heterocycles. The number of nitrogens with one attached hydrogen (secondary N) is 1. The van der Waals surface area contributed by atoms with Gasteiger partial charge in [-0.3, -0.25) is 0 Å². The first-order valence-electron chi connectivity index (χ1n) is 10.7. The lowest BCUT2D eigenvalue weighted by Crippen LogP contribution is -2.62. The molecule has 1 fully saturated rings. The van der Waals surface area contributed by atoms with Crippen LogP contribution in [0.2, 0.25) is 0 Å². The lowest BCUT2D eigenvalue weighted by molar-refractivity contribution is 0.160. The quantitative estimate of drug-likeness (QED) is 0.679. The lowest BCUT2D eigenvalue weighted by atomic mass is 9.79. The molecule has 2 aromatic heterocycles. The van der Waals surface area contributed by atoms with Crippen molar-refractivity contribution in [3.8, 4) is 16.9 Å². The number of methoxy groups -OCH3 is 1. The van der Waals surface area contributed by atoms with E-state index in [1.165, 1.54) is 0 Å². The van der Waals surface area contributed by atoms with Crippen molar-refractivity contribution < 1.29 is 4.74 Å². The third kappa shape index (κ3) is 4.46. The fourth-order valence-electron chi connectivity index (χ4n) is 4.95. The van der Waals surface area contributed by atoms with Gasteiger partial charge in [0.25, 0.3) is 0 Å². The summed E-state index contributed by atoms with van der Waals surface area (Å²) in [5.74, 6) is 2.36. The predicted octanol–water partition coefficient (Wildman–Crippen LogP) is 4.15. The summed E-state index contributed by atoms with van der Waals surface area (Å²) in [4.78, 5) is 11.1. The maximum atomic E-state index is 5.69. The number of hydrogen-bond donors (Lipinski definition) is 1. The number of ether oxygens (including phenoxy) is 1. The first-order valence-corrected chi connectivity index (χ1v) is 10.7. The van der Waals surface area contributed by atoms with Crippen molar-refractivity contribution in [3.63, 3.8) is 0 Å². The molecule has 31 heavy (non-hydrogen) atoms. The minimum absolute atomic E-state index is 0.0609.